The molecular formula is C21H30N2O3. The highest BCUT2D eigenvalue weighted by Gasteiger charge is 2.17. The van der Waals surface area contributed by atoms with E-state index >= 15 is 0 Å². The van der Waals surface area contributed by atoms with E-state index in [1.807, 2.05) is 12.1 Å². The minimum absolute atomic E-state index is 0.342. The lowest BCUT2D eigenvalue weighted by atomic mass is 10.1. The van der Waals surface area contributed by atoms with Crippen molar-refractivity contribution in [2.24, 2.45) is 0 Å². The molecule has 1 aromatic heterocycles. The quantitative estimate of drug-likeness (QED) is 0.746. The lowest BCUT2D eigenvalue weighted by molar-refractivity contribution is 0.00568. The lowest BCUT2D eigenvalue weighted by Gasteiger charge is -2.24. The Labute approximate surface area is 156 Å². The molecule has 26 heavy (non-hydrogen) atoms. The van der Waals surface area contributed by atoms with Crippen LogP contribution in [0, 0.1) is 0 Å². The van der Waals surface area contributed by atoms with Crippen LogP contribution in [0.4, 0.5) is 0 Å². The van der Waals surface area contributed by atoms with Crippen molar-refractivity contribution >= 4 is 0 Å². The van der Waals surface area contributed by atoms with E-state index in [0.717, 1.165) is 51.3 Å². The van der Waals surface area contributed by atoms with E-state index in [-0.39, 0.29) is 0 Å². The van der Waals surface area contributed by atoms with Crippen molar-refractivity contribution in [3.05, 3.63) is 60.1 Å². The maximum atomic E-state index is 10.2. The van der Waals surface area contributed by atoms with Crippen molar-refractivity contribution < 1.29 is 14.3 Å². The number of rotatable bonds is 9. The van der Waals surface area contributed by atoms with Crippen LogP contribution in [0.25, 0.3) is 0 Å². The molecule has 0 spiro atoms. The molecule has 1 unspecified atom stereocenters. The topological polar surface area (TPSA) is 49.1 Å². The number of nitrogens with zero attached hydrogens (tertiary/aromatic N) is 2. The van der Waals surface area contributed by atoms with Crippen molar-refractivity contribution in [1.29, 1.82) is 0 Å². The number of hydrogen-bond acceptors (Lipinski definition) is 5. The molecule has 3 rings (SSSR count). The first-order chi connectivity index (χ1) is 12.8. The van der Waals surface area contributed by atoms with Crippen LogP contribution in [0.2, 0.25) is 0 Å². The summed E-state index contributed by atoms with van der Waals surface area (Å²) < 4.78 is 10.8. The lowest BCUT2D eigenvalue weighted by Crippen LogP contribution is -2.37. The van der Waals surface area contributed by atoms with Gasteiger partial charge in [-0.3, -0.25) is 4.90 Å². The van der Waals surface area contributed by atoms with E-state index in [4.69, 9.17) is 9.15 Å². The molecule has 2 aromatic rings. The Kier molecular flexibility index (Phi) is 7.70. The van der Waals surface area contributed by atoms with Crippen LogP contribution in [0.1, 0.15) is 17.7 Å². The smallest absolute Gasteiger partial charge is 0.129 e. The van der Waals surface area contributed by atoms with Crippen molar-refractivity contribution in [3.8, 4) is 0 Å². The highest BCUT2D eigenvalue weighted by Crippen LogP contribution is 2.08. The average Bonchev–Trinajstić information content (AvgIpc) is 3.07. The summed E-state index contributed by atoms with van der Waals surface area (Å²) in [4.78, 5) is 4.89. The third kappa shape index (κ3) is 6.57. The zero-order valence-corrected chi connectivity index (χ0v) is 15.4. The van der Waals surface area contributed by atoms with Gasteiger partial charge in [0.25, 0.3) is 0 Å². The number of hydrogen-bond donors (Lipinski definition) is 1. The normalized spacial score (nSPS) is 17.9. The third-order valence-electron chi connectivity index (χ3n) is 4.84. The fourth-order valence-corrected chi connectivity index (χ4v) is 3.40. The van der Waals surface area contributed by atoms with Crippen LogP contribution in [-0.2, 0) is 17.8 Å². The molecule has 1 fully saturated rings. The molecule has 0 amide bonds. The Morgan fingerprint density at radius 1 is 1.00 bits per heavy atom. The van der Waals surface area contributed by atoms with Gasteiger partial charge in [-0.1, -0.05) is 30.3 Å². The van der Waals surface area contributed by atoms with E-state index in [1.54, 1.807) is 6.26 Å². The summed E-state index contributed by atoms with van der Waals surface area (Å²) in [6, 6.07) is 14.4. The number of ether oxygens (including phenoxy) is 1. The summed E-state index contributed by atoms with van der Waals surface area (Å²) in [6.45, 7) is 6.77. The Morgan fingerprint density at radius 2 is 1.81 bits per heavy atom. The number of furan rings is 1. The Hall–Kier alpha value is -1.66. The van der Waals surface area contributed by atoms with Crippen LogP contribution in [0.5, 0.6) is 0 Å². The molecule has 1 atom stereocenters. The van der Waals surface area contributed by atoms with Gasteiger partial charge in [-0.2, -0.15) is 0 Å². The molecule has 2 heterocycles. The maximum Gasteiger partial charge on any atom is 0.129 e. The van der Waals surface area contributed by atoms with Gasteiger partial charge in [0.05, 0.1) is 19.0 Å². The van der Waals surface area contributed by atoms with Crippen molar-refractivity contribution in [2.45, 2.75) is 25.6 Å². The zero-order valence-electron chi connectivity index (χ0n) is 15.4. The molecule has 1 aliphatic heterocycles. The second-order valence-electron chi connectivity index (χ2n) is 6.98. The van der Waals surface area contributed by atoms with Crippen LogP contribution in [0.15, 0.2) is 53.1 Å². The number of aliphatic hydroxyl groups is 1. The third-order valence-corrected chi connectivity index (χ3v) is 4.84. The molecule has 1 saturated heterocycles. The second-order valence-corrected chi connectivity index (χ2v) is 6.98. The minimum Gasteiger partial charge on any atom is -0.467 e. The maximum absolute atomic E-state index is 10.2. The van der Waals surface area contributed by atoms with Crippen molar-refractivity contribution in [2.75, 3.05) is 45.9 Å². The minimum atomic E-state index is -0.458. The molecule has 0 aliphatic carbocycles. The van der Waals surface area contributed by atoms with Crippen LogP contribution in [-0.4, -0.2) is 66.9 Å². The first-order valence-electron chi connectivity index (χ1n) is 9.56. The van der Waals surface area contributed by atoms with Crippen molar-refractivity contribution in [3.63, 3.8) is 0 Å². The molecule has 1 aliphatic rings. The molecule has 0 radical (unpaired) electrons. The first kappa shape index (κ1) is 19.1. The van der Waals surface area contributed by atoms with Crippen LogP contribution >= 0.6 is 0 Å². The Balaban J connectivity index is 1.32. The van der Waals surface area contributed by atoms with Gasteiger partial charge in [0.1, 0.15) is 12.4 Å². The predicted octanol–water partition coefficient (Wildman–Crippen LogP) is 2.41. The molecule has 1 aromatic carbocycles. The summed E-state index contributed by atoms with van der Waals surface area (Å²) in [7, 11) is 0. The largest absolute Gasteiger partial charge is 0.467 e. The van der Waals surface area contributed by atoms with Gasteiger partial charge in [-0.25, -0.2) is 0 Å². The van der Waals surface area contributed by atoms with E-state index < -0.39 is 6.10 Å². The fraction of sp³-hybridized carbons (Fsp3) is 0.524. The summed E-state index contributed by atoms with van der Waals surface area (Å²) >= 11 is 0. The van der Waals surface area contributed by atoms with Gasteiger partial charge >= 0.3 is 0 Å². The van der Waals surface area contributed by atoms with Gasteiger partial charge in [0, 0.05) is 26.2 Å². The predicted molar refractivity (Wildman–Crippen MR) is 102 cm³/mol. The van der Waals surface area contributed by atoms with E-state index in [2.05, 4.69) is 40.1 Å². The molecular weight excluding hydrogens is 328 g/mol. The summed E-state index contributed by atoms with van der Waals surface area (Å²) in [5.41, 5.74) is 1.40. The molecule has 142 valence electrons. The summed E-state index contributed by atoms with van der Waals surface area (Å²) in [5, 5.41) is 10.2. The summed E-state index contributed by atoms with van der Waals surface area (Å²) in [6.07, 6.45) is 3.43. The van der Waals surface area contributed by atoms with E-state index in [1.165, 1.54) is 5.56 Å². The standard InChI is InChI=1S/C21H30N2O3/c24-20(17-25-18-21-8-4-15-26-21)16-23-11-5-10-22(13-14-23)12-9-19-6-2-1-3-7-19/h1-4,6-8,15,20,24H,5,9-14,16-18H2. The fourth-order valence-electron chi connectivity index (χ4n) is 3.40. The van der Waals surface area contributed by atoms with Gasteiger partial charge in [0.2, 0.25) is 0 Å². The van der Waals surface area contributed by atoms with Gasteiger partial charge in [0.15, 0.2) is 0 Å². The molecule has 1 N–H and O–H groups in total. The first-order valence-corrected chi connectivity index (χ1v) is 9.56. The SMILES string of the molecule is OC(COCc1ccco1)CN1CCCN(CCc2ccccc2)CC1. The van der Waals surface area contributed by atoms with Gasteiger partial charge in [-0.05, 0) is 43.6 Å². The van der Waals surface area contributed by atoms with Crippen LogP contribution < -0.4 is 0 Å². The molecule has 0 bridgehead atoms. The average molecular weight is 358 g/mol. The number of β-amino-alcohol motifs (C(OH)–C–C–N with tert-alkyl or cyclic N) is 1. The summed E-state index contributed by atoms with van der Waals surface area (Å²) in [5.74, 6) is 0.793. The molecule has 0 saturated carbocycles. The van der Waals surface area contributed by atoms with Crippen LogP contribution in [0.3, 0.4) is 0 Å². The zero-order chi connectivity index (χ0) is 18.0. The Morgan fingerprint density at radius 3 is 2.62 bits per heavy atom. The Bertz CT molecular complexity index is 603. The van der Waals surface area contributed by atoms with E-state index in [9.17, 15) is 5.11 Å². The van der Waals surface area contributed by atoms with Gasteiger partial charge < -0.3 is 19.2 Å². The second kappa shape index (κ2) is 10.5. The van der Waals surface area contributed by atoms with E-state index in [0.29, 0.717) is 19.8 Å². The molecule has 5 heteroatoms. The van der Waals surface area contributed by atoms with Gasteiger partial charge in [-0.15, -0.1) is 0 Å². The molecule has 5 nitrogen and oxygen atoms in total. The van der Waals surface area contributed by atoms with Crippen molar-refractivity contribution in [1.82, 2.24) is 9.80 Å². The highest BCUT2D eigenvalue weighted by molar-refractivity contribution is 5.14. The highest BCUT2D eigenvalue weighted by atomic mass is 16.5. The monoisotopic (exact) mass is 358 g/mol. The number of aliphatic hydroxyl groups excluding tert-OH is 1. The number of benzene rings is 1.